The van der Waals surface area contributed by atoms with E-state index in [1.54, 1.807) is 13.2 Å². The number of nitrogens with one attached hydrogen (secondary N) is 2. The molecular weight excluding hydrogens is 395 g/mol. The van der Waals surface area contributed by atoms with Crippen LogP contribution in [0.5, 0.6) is 0 Å². The van der Waals surface area contributed by atoms with Gasteiger partial charge >= 0.3 is 0 Å². The van der Waals surface area contributed by atoms with Crippen LogP contribution in [0.4, 0.5) is 0 Å². The van der Waals surface area contributed by atoms with Crippen molar-refractivity contribution in [3.63, 3.8) is 0 Å². The lowest BCUT2D eigenvalue weighted by Gasteiger charge is -2.11. The van der Waals surface area contributed by atoms with Gasteiger partial charge in [0.15, 0.2) is 5.96 Å². The third-order valence-electron chi connectivity index (χ3n) is 3.43. The van der Waals surface area contributed by atoms with Crippen molar-refractivity contribution in [2.45, 2.75) is 26.8 Å². The van der Waals surface area contributed by atoms with Crippen LogP contribution in [-0.4, -0.2) is 34.5 Å². The number of hydrogen-bond donors (Lipinski definition) is 2. The summed E-state index contributed by atoms with van der Waals surface area (Å²) in [6, 6.07) is 1.98. The van der Waals surface area contributed by atoms with Gasteiger partial charge in [0.1, 0.15) is 5.76 Å². The highest BCUT2D eigenvalue weighted by Crippen LogP contribution is 2.11. The zero-order chi connectivity index (χ0) is 15.2. The van der Waals surface area contributed by atoms with Gasteiger partial charge in [0.25, 0.3) is 0 Å². The van der Waals surface area contributed by atoms with Gasteiger partial charge in [-0.15, -0.1) is 24.0 Å². The first-order valence-corrected chi connectivity index (χ1v) is 6.95. The van der Waals surface area contributed by atoms with Crippen molar-refractivity contribution in [3.8, 4) is 0 Å². The number of rotatable bonds is 5. The second-order valence-corrected chi connectivity index (χ2v) is 4.85. The summed E-state index contributed by atoms with van der Waals surface area (Å²) >= 11 is 0. The van der Waals surface area contributed by atoms with E-state index in [1.807, 2.05) is 31.6 Å². The lowest BCUT2D eigenvalue weighted by molar-refractivity contribution is 0.392. The third kappa shape index (κ3) is 4.72. The summed E-state index contributed by atoms with van der Waals surface area (Å²) in [4.78, 5) is 4.21. The minimum atomic E-state index is 0. The van der Waals surface area contributed by atoms with E-state index < -0.39 is 0 Å². The monoisotopic (exact) mass is 418 g/mol. The van der Waals surface area contributed by atoms with Crippen LogP contribution in [0.2, 0.25) is 0 Å². The molecule has 0 radical (unpaired) electrons. The first-order valence-electron chi connectivity index (χ1n) is 6.95. The van der Waals surface area contributed by atoms with E-state index in [0.29, 0.717) is 6.54 Å². The summed E-state index contributed by atoms with van der Waals surface area (Å²) in [6.07, 6.45) is 2.64. The topological polar surface area (TPSA) is 80.3 Å². The van der Waals surface area contributed by atoms with E-state index in [4.69, 9.17) is 4.52 Å². The Morgan fingerprint density at radius 3 is 2.68 bits per heavy atom. The fraction of sp³-hybridized carbons (Fsp3) is 0.500. The summed E-state index contributed by atoms with van der Waals surface area (Å²) < 4.78 is 6.99. The van der Waals surface area contributed by atoms with E-state index in [2.05, 4.69) is 25.9 Å². The van der Waals surface area contributed by atoms with Gasteiger partial charge in [-0.2, -0.15) is 5.10 Å². The molecule has 0 aromatic carbocycles. The zero-order valence-corrected chi connectivity index (χ0v) is 15.7. The van der Waals surface area contributed by atoms with Crippen LogP contribution in [0.1, 0.15) is 22.7 Å². The molecule has 0 saturated heterocycles. The molecule has 7 nitrogen and oxygen atoms in total. The number of aryl methyl sites for hydroxylation is 3. The Labute approximate surface area is 147 Å². The molecule has 0 atom stereocenters. The Kier molecular flexibility index (Phi) is 7.36. The highest BCUT2D eigenvalue weighted by molar-refractivity contribution is 14.0. The molecule has 0 aliphatic rings. The number of aliphatic imine (C=N–C) groups is 1. The SMILES string of the molecule is CN=C(NCCc1c(C)noc1C)NCc1ccnn1C.I. The van der Waals surface area contributed by atoms with Crippen molar-refractivity contribution >= 4 is 29.9 Å². The van der Waals surface area contributed by atoms with Crippen molar-refractivity contribution in [1.82, 2.24) is 25.6 Å². The number of aromatic nitrogens is 3. The molecule has 2 heterocycles. The summed E-state index contributed by atoms with van der Waals surface area (Å²) in [7, 11) is 3.68. The maximum Gasteiger partial charge on any atom is 0.191 e. The molecule has 0 bridgehead atoms. The summed E-state index contributed by atoms with van der Waals surface area (Å²) in [5.74, 6) is 1.65. The normalized spacial score (nSPS) is 11.2. The van der Waals surface area contributed by atoms with Gasteiger partial charge in [0.05, 0.1) is 17.9 Å². The second kappa shape index (κ2) is 8.76. The maximum atomic E-state index is 5.16. The smallest absolute Gasteiger partial charge is 0.191 e. The molecular formula is C14H23IN6O. The minimum absolute atomic E-state index is 0. The van der Waals surface area contributed by atoms with Gasteiger partial charge < -0.3 is 15.2 Å². The molecule has 0 fully saturated rings. The Balaban J connectivity index is 0.00000242. The molecule has 2 N–H and O–H groups in total. The predicted molar refractivity (Wildman–Crippen MR) is 96.5 cm³/mol. The Hall–Kier alpha value is -1.58. The predicted octanol–water partition coefficient (Wildman–Crippen LogP) is 1.55. The number of halogens is 1. The Morgan fingerprint density at radius 1 is 1.36 bits per heavy atom. The Morgan fingerprint density at radius 2 is 2.14 bits per heavy atom. The van der Waals surface area contributed by atoms with Crippen LogP contribution < -0.4 is 10.6 Å². The van der Waals surface area contributed by atoms with Gasteiger partial charge in [0.2, 0.25) is 0 Å². The van der Waals surface area contributed by atoms with Gasteiger partial charge in [-0.3, -0.25) is 9.67 Å². The van der Waals surface area contributed by atoms with E-state index in [1.165, 1.54) is 0 Å². The van der Waals surface area contributed by atoms with Gasteiger partial charge in [-0.1, -0.05) is 5.16 Å². The molecule has 0 saturated carbocycles. The van der Waals surface area contributed by atoms with E-state index in [-0.39, 0.29) is 24.0 Å². The number of hydrogen-bond acceptors (Lipinski definition) is 4. The van der Waals surface area contributed by atoms with E-state index >= 15 is 0 Å². The second-order valence-electron chi connectivity index (χ2n) is 4.85. The van der Waals surface area contributed by atoms with Crippen LogP contribution in [0, 0.1) is 13.8 Å². The molecule has 8 heteroatoms. The minimum Gasteiger partial charge on any atom is -0.361 e. The average Bonchev–Trinajstić information content (AvgIpc) is 3.02. The fourth-order valence-electron chi connectivity index (χ4n) is 2.13. The highest BCUT2D eigenvalue weighted by atomic mass is 127. The van der Waals surface area contributed by atoms with E-state index in [9.17, 15) is 0 Å². The molecule has 0 aliphatic carbocycles. The summed E-state index contributed by atoms with van der Waals surface area (Å²) in [5, 5.41) is 14.6. The lowest BCUT2D eigenvalue weighted by atomic mass is 10.1. The van der Waals surface area contributed by atoms with Crippen LogP contribution in [0.15, 0.2) is 21.8 Å². The lowest BCUT2D eigenvalue weighted by Crippen LogP contribution is -2.38. The van der Waals surface area contributed by atoms with Crippen molar-refractivity contribution in [3.05, 3.63) is 35.0 Å². The average molecular weight is 418 g/mol. The fourth-order valence-corrected chi connectivity index (χ4v) is 2.13. The summed E-state index contributed by atoms with van der Waals surface area (Å²) in [6.45, 7) is 5.35. The van der Waals surface area contributed by atoms with Gasteiger partial charge in [0, 0.05) is 32.4 Å². The third-order valence-corrected chi connectivity index (χ3v) is 3.43. The van der Waals surface area contributed by atoms with Crippen LogP contribution in [0.3, 0.4) is 0 Å². The maximum absolute atomic E-state index is 5.16. The molecule has 22 heavy (non-hydrogen) atoms. The first kappa shape index (κ1) is 18.5. The quantitative estimate of drug-likeness (QED) is 0.438. The van der Waals surface area contributed by atoms with Gasteiger partial charge in [-0.05, 0) is 26.3 Å². The van der Waals surface area contributed by atoms with Crippen molar-refractivity contribution in [2.24, 2.45) is 12.0 Å². The summed E-state index contributed by atoms with van der Waals surface area (Å²) in [5.41, 5.74) is 3.21. The molecule has 0 aliphatic heterocycles. The molecule has 2 aromatic heterocycles. The largest absolute Gasteiger partial charge is 0.361 e. The van der Waals surface area contributed by atoms with Crippen molar-refractivity contribution in [2.75, 3.05) is 13.6 Å². The number of guanidine groups is 1. The molecule has 122 valence electrons. The van der Waals surface area contributed by atoms with Crippen LogP contribution in [0.25, 0.3) is 0 Å². The molecule has 0 spiro atoms. The highest BCUT2D eigenvalue weighted by Gasteiger charge is 2.08. The van der Waals surface area contributed by atoms with Crippen molar-refractivity contribution in [1.29, 1.82) is 0 Å². The zero-order valence-electron chi connectivity index (χ0n) is 13.4. The standard InChI is InChI=1S/C14H22N6O.HI/c1-10-13(11(2)21-19-10)6-7-16-14(15-3)17-9-12-5-8-18-20(12)4;/h5,8H,6-7,9H2,1-4H3,(H2,15,16,17);1H. The first-order chi connectivity index (χ1) is 10.1. The van der Waals surface area contributed by atoms with Gasteiger partial charge in [-0.25, -0.2) is 0 Å². The van der Waals surface area contributed by atoms with Crippen LogP contribution in [-0.2, 0) is 20.0 Å². The number of nitrogens with zero attached hydrogens (tertiary/aromatic N) is 4. The molecule has 2 rings (SSSR count). The van der Waals surface area contributed by atoms with Crippen molar-refractivity contribution < 1.29 is 4.52 Å². The Bertz CT molecular complexity index is 599. The molecule has 0 unspecified atom stereocenters. The molecule has 2 aromatic rings. The van der Waals surface area contributed by atoms with E-state index in [0.717, 1.165) is 41.6 Å². The molecule has 0 amide bonds. The van der Waals surface area contributed by atoms with Crippen LogP contribution >= 0.6 is 24.0 Å².